The smallest absolute Gasteiger partial charge is 0.426 e. The Balaban J connectivity index is 1.29. The van der Waals surface area contributed by atoms with Gasteiger partial charge in [0.1, 0.15) is 0 Å². The first-order chi connectivity index (χ1) is 20.0. The molecular weight excluding hydrogens is 558 g/mol. The van der Waals surface area contributed by atoms with Crippen molar-refractivity contribution in [3.63, 3.8) is 0 Å². The van der Waals surface area contributed by atoms with E-state index in [-0.39, 0.29) is 24.5 Å². The van der Waals surface area contributed by atoms with Crippen molar-refractivity contribution in [2.75, 3.05) is 19.6 Å². The number of alkyl halides is 6. The number of carbonyl (C=O) groups is 1. The summed E-state index contributed by atoms with van der Waals surface area (Å²) in [6.45, 7) is 0.756. The van der Waals surface area contributed by atoms with Crippen LogP contribution in [0.15, 0.2) is 66.7 Å². The number of carbonyl (C=O) groups excluding carboxylic acids is 1. The topological polar surface area (TPSA) is 41.6 Å². The first-order valence-electron chi connectivity index (χ1n) is 14.1. The van der Waals surface area contributed by atoms with Gasteiger partial charge in [-0.2, -0.15) is 26.3 Å². The van der Waals surface area contributed by atoms with E-state index in [2.05, 4.69) is 46.5 Å². The molecule has 3 aliphatic rings. The molecule has 2 saturated heterocycles. The number of piperidine rings is 1. The van der Waals surface area contributed by atoms with Gasteiger partial charge in [0, 0.05) is 19.1 Å². The second-order valence-corrected chi connectivity index (χ2v) is 11.5. The van der Waals surface area contributed by atoms with Gasteiger partial charge in [-0.25, -0.2) is 4.79 Å². The second-order valence-electron chi connectivity index (χ2n) is 11.5. The highest BCUT2D eigenvalue weighted by molar-refractivity contribution is 5.79. The highest BCUT2D eigenvalue weighted by Crippen LogP contribution is 2.53. The lowest BCUT2D eigenvalue weighted by molar-refractivity contribution is -0.308. The zero-order chi connectivity index (χ0) is 29.7. The summed E-state index contributed by atoms with van der Waals surface area (Å²) in [5.74, 6) is 0. The van der Waals surface area contributed by atoms with Gasteiger partial charge in [-0.15, -0.1) is 0 Å². The SMILES string of the molecule is O=C(OC(C(F)(F)F)C(F)(F)F)N1CCC2(CCNC2c2c(Cc3ccccc3)ccc3c2Cc2ccccc2-3)CC1. The average Bonchev–Trinajstić information content (AvgIpc) is 3.52. The summed E-state index contributed by atoms with van der Waals surface area (Å²) in [4.78, 5) is 13.5. The third kappa shape index (κ3) is 5.25. The molecule has 2 fully saturated rings. The molecule has 0 aromatic heterocycles. The van der Waals surface area contributed by atoms with Crippen LogP contribution in [-0.4, -0.2) is 49.1 Å². The fourth-order valence-electron chi connectivity index (χ4n) is 7.02. The third-order valence-electron chi connectivity index (χ3n) is 9.06. The minimum Gasteiger partial charge on any atom is -0.426 e. The second kappa shape index (κ2) is 10.6. The fourth-order valence-corrected chi connectivity index (χ4v) is 7.02. The van der Waals surface area contributed by atoms with Gasteiger partial charge in [0.15, 0.2) is 0 Å². The molecule has 10 heteroatoms. The average molecular weight is 589 g/mol. The molecule has 222 valence electrons. The van der Waals surface area contributed by atoms with E-state index in [1.165, 1.54) is 38.9 Å². The molecule has 6 rings (SSSR count). The number of hydrogen-bond donors (Lipinski definition) is 1. The molecule has 42 heavy (non-hydrogen) atoms. The Morgan fingerprint density at radius 3 is 2.24 bits per heavy atom. The first kappa shape index (κ1) is 28.6. The van der Waals surface area contributed by atoms with Gasteiger partial charge in [0.2, 0.25) is 0 Å². The Morgan fingerprint density at radius 1 is 0.881 bits per heavy atom. The Bertz CT molecular complexity index is 1450. The molecule has 0 saturated carbocycles. The maximum Gasteiger partial charge on any atom is 0.434 e. The van der Waals surface area contributed by atoms with E-state index >= 15 is 0 Å². The lowest BCUT2D eigenvalue weighted by Gasteiger charge is -2.43. The van der Waals surface area contributed by atoms with Gasteiger partial charge in [0.25, 0.3) is 6.10 Å². The number of nitrogens with zero attached hydrogens (tertiary/aromatic N) is 1. The van der Waals surface area contributed by atoms with Crippen molar-refractivity contribution in [1.82, 2.24) is 10.2 Å². The maximum atomic E-state index is 13.0. The molecule has 3 aromatic rings. The summed E-state index contributed by atoms with van der Waals surface area (Å²) in [7, 11) is 0. The molecule has 0 bridgehead atoms. The molecule has 1 aliphatic carbocycles. The van der Waals surface area contributed by atoms with E-state index < -0.39 is 24.5 Å². The standard InChI is InChI=1S/C32H30F6N2O2/c33-31(34,35)28(32(36,37)38)42-29(41)40-16-13-30(14-17-40)12-15-39-27(30)26-22(18-20-6-2-1-3-7-20)10-11-24-23-9-5-4-8-21(23)19-25(24)26/h1-11,27-28,39H,12-19H2. The van der Waals surface area contributed by atoms with Crippen LogP contribution < -0.4 is 5.32 Å². The minimum atomic E-state index is -5.74. The summed E-state index contributed by atoms with van der Waals surface area (Å²) in [5.41, 5.74) is 8.16. The van der Waals surface area contributed by atoms with Crippen molar-refractivity contribution >= 4 is 6.09 Å². The number of nitrogens with one attached hydrogen (secondary N) is 1. The van der Waals surface area contributed by atoms with E-state index in [1.54, 1.807) is 0 Å². The van der Waals surface area contributed by atoms with Crippen LogP contribution in [0, 0.1) is 5.41 Å². The van der Waals surface area contributed by atoms with E-state index in [4.69, 9.17) is 0 Å². The molecule has 1 atom stereocenters. The predicted molar refractivity (Wildman–Crippen MR) is 145 cm³/mol. The molecule has 1 amide bonds. The summed E-state index contributed by atoms with van der Waals surface area (Å²) in [5, 5.41) is 3.70. The van der Waals surface area contributed by atoms with Crippen molar-refractivity contribution in [2.24, 2.45) is 5.41 Å². The van der Waals surface area contributed by atoms with E-state index in [0.717, 1.165) is 30.7 Å². The molecule has 1 N–H and O–H groups in total. The molecule has 1 spiro atoms. The first-order valence-corrected chi connectivity index (χ1v) is 14.1. The summed E-state index contributed by atoms with van der Waals surface area (Å²) >= 11 is 0. The molecule has 4 nitrogen and oxygen atoms in total. The Kier molecular flexibility index (Phi) is 7.23. The molecular formula is C32H30F6N2O2. The molecule has 1 unspecified atom stereocenters. The van der Waals surface area contributed by atoms with Gasteiger partial charge in [-0.1, -0.05) is 66.7 Å². The van der Waals surface area contributed by atoms with Crippen molar-refractivity contribution in [1.29, 1.82) is 0 Å². The summed E-state index contributed by atoms with van der Waals surface area (Å²) in [6, 6.07) is 22.8. The summed E-state index contributed by atoms with van der Waals surface area (Å²) in [6.07, 6.45) is -14.1. The van der Waals surface area contributed by atoms with Crippen molar-refractivity contribution in [2.45, 2.75) is 56.6 Å². The summed E-state index contributed by atoms with van der Waals surface area (Å²) < 4.78 is 82.0. The molecule has 2 aliphatic heterocycles. The van der Waals surface area contributed by atoms with Gasteiger partial charge in [0.05, 0.1) is 0 Å². The van der Waals surface area contributed by atoms with E-state index in [9.17, 15) is 31.1 Å². The quantitative estimate of drug-likeness (QED) is 0.250. The number of benzene rings is 3. The minimum absolute atomic E-state index is 0.0166. The monoisotopic (exact) mass is 588 g/mol. The Hall–Kier alpha value is -3.53. The zero-order valence-corrected chi connectivity index (χ0v) is 22.7. The van der Waals surface area contributed by atoms with Crippen LogP contribution >= 0.6 is 0 Å². The maximum absolute atomic E-state index is 13.0. The van der Waals surface area contributed by atoms with Crippen LogP contribution in [0.3, 0.4) is 0 Å². The van der Waals surface area contributed by atoms with E-state index in [1.807, 2.05) is 30.3 Å². The predicted octanol–water partition coefficient (Wildman–Crippen LogP) is 7.60. The molecule has 0 radical (unpaired) electrons. The third-order valence-corrected chi connectivity index (χ3v) is 9.06. The van der Waals surface area contributed by atoms with Crippen LogP contribution in [0.2, 0.25) is 0 Å². The Morgan fingerprint density at radius 2 is 1.55 bits per heavy atom. The lowest BCUT2D eigenvalue weighted by Crippen LogP contribution is -2.50. The number of amides is 1. The zero-order valence-electron chi connectivity index (χ0n) is 22.7. The molecule has 3 aromatic carbocycles. The number of hydrogen-bond acceptors (Lipinski definition) is 3. The number of rotatable bonds is 4. The van der Waals surface area contributed by atoms with Crippen LogP contribution in [0.4, 0.5) is 31.1 Å². The largest absolute Gasteiger partial charge is 0.434 e. The highest BCUT2D eigenvalue weighted by Gasteiger charge is 2.60. The van der Waals surface area contributed by atoms with E-state index in [0.29, 0.717) is 12.8 Å². The number of halogens is 6. The van der Waals surface area contributed by atoms with Crippen molar-refractivity contribution in [3.05, 3.63) is 94.5 Å². The van der Waals surface area contributed by atoms with Gasteiger partial charge >= 0.3 is 18.4 Å². The lowest BCUT2D eigenvalue weighted by atomic mass is 9.68. The van der Waals surface area contributed by atoms with Crippen molar-refractivity contribution < 1.29 is 35.9 Å². The molecule has 2 heterocycles. The number of likely N-dealkylation sites (tertiary alicyclic amines) is 1. The van der Waals surface area contributed by atoms with Crippen molar-refractivity contribution in [3.8, 4) is 11.1 Å². The van der Waals surface area contributed by atoms with Gasteiger partial charge in [-0.05, 0) is 83.0 Å². The number of fused-ring (bicyclic) bond motifs is 3. The van der Waals surface area contributed by atoms with Crippen LogP contribution in [-0.2, 0) is 17.6 Å². The van der Waals surface area contributed by atoms with Gasteiger partial charge in [-0.3, -0.25) is 0 Å². The van der Waals surface area contributed by atoms with Crippen LogP contribution in [0.25, 0.3) is 11.1 Å². The number of ether oxygens (including phenoxy) is 1. The highest BCUT2D eigenvalue weighted by atomic mass is 19.4. The Labute approximate surface area is 239 Å². The normalized spacial score (nSPS) is 19.7. The van der Waals surface area contributed by atoms with Gasteiger partial charge < -0.3 is 15.0 Å². The fraction of sp³-hybridized carbons (Fsp3) is 0.406. The van der Waals surface area contributed by atoms with Crippen LogP contribution in [0.1, 0.15) is 53.1 Å². The van der Waals surface area contributed by atoms with Crippen LogP contribution in [0.5, 0.6) is 0 Å².